The van der Waals surface area contributed by atoms with Crippen LogP contribution in [0.3, 0.4) is 0 Å². The molecule has 0 aliphatic rings. The number of halogens is 3. The highest BCUT2D eigenvalue weighted by Gasteiger charge is 2.33. The highest BCUT2D eigenvalue weighted by Crippen LogP contribution is 2.30. The van der Waals surface area contributed by atoms with Crippen LogP contribution in [0.25, 0.3) is 0 Å². The maximum atomic E-state index is 12.7. The van der Waals surface area contributed by atoms with E-state index in [1.807, 2.05) is 18.7 Å². The van der Waals surface area contributed by atoms with Crippen LogP contribution < -0.4 is 10.6 Å². The number of alkyl halides is 3. The average molecular weight is 275 g/mol. The summed E-state index contributed by atoms with van der Waals surface area (Å²) in [6.45, 7) is 5.42. The Hall–Kier alpha value is -1.30. The van der Waals surface area contributed by atoms with Crippen molar-refractivity contribution in [1.29, 1.82) is 0 Å². The van der Waals surface area contributed by atoms with E-state index in [0.29, 0.717) is 24.5 Å². The van der Waals surface area contributed by atoms with Gasteiger partial charge in [-0.3, -0.25) is 0 Å². The Morgan fingerprint density at radius 3 is 2.42 bits per heavy atom. The van der Waals surface area contributed by atoms with E-state index in [2.05, 4.69) is 4.98 Å². The van der Waals surface area contributed by atoms with Crippen LogP contribution in [-0.2, 0) is 12.7 Å². The molecular formula is C13H20F3N3. The van der Waals surface area contributed by atoms with Crippen molar-refractivity contribution < 1.29 is 13.2 Å². The number of unbranched alkanes of at least 4 members (excludes halogenated alkanes) is 1. The molecule has 1 aromatic heterocycles. The third-order valence-corrected chi connectivity index (χ3v) is 2.93. The maximum absolute atomic E-state index is 12.7. The van der Waals surface area contributed by atoms with Gasteiger partial charge in [0.15, 0.2) is 0 Å². The lowest BCUT2D eigenvalue weighted by atomic mass is 10.2. The van der Waals surface area contributed by atoms with E-state index in [9.17, 15) is 13.2 Å². The Kier molecular flexibility index (Phi) is 5.60. The van der Waals surface area contributed by atoms with Crippen LogP contribution in [0.1, 0.15) is 37.9 Å². The molecule has 0 aliphatic carbocycles. The minimum absolute atomic E-state index is 0.184. The molecule has 0 radical (unpaired) electrons. The molecule has 0 bridgehead atoms. The molecular weight excluding hydrogens is 255 g/mol. The van der Waals surface area contributed by atoms with Gasteiger partial charge in [0.1, 0.15) is 11.5 Å². The average Bonchev–Trinajstić information content (AvgIpc) is 2.38. The van der Waals surface area contributed by atoms with Gasteiger partial charge in [0, 0.05) is 25.2 Å². The van der Waals surface area contributed by atoms with E-state index in [4.69, 9.17) is 5.73 Å². The van der Waals surface area contributed by atoms with Crippen molar-refractivity contribution in [1.82, 2.24) is 4.98 Å². The summed E-state index contributed by atoms with van der Waals surface area (Å²) < 4.78 is 38.1. The molecule has 1 aromatic rings. The van der Waals surface area contributed by atoms with Gasteiger partial charge in [-0.15, -0.1) is 0 Å². The summed E-state index contributed by atoms with van der Waals surface area (Å²) >= 11 is 0. The first-order valence-corrected chi connectivity index (χ1v) is 6.46. The maximum Gasteiger partial charge on any atom is 0.433 e. The SMILES string of the molecule is CCCCN(CC)c1nc(C(F)(F)F)ccc1CN. The predicted molar refractivity (Wildman–Crippen MR) is 69.9 cm³/mol. The zero-order valence-electron chi connectivity index (χ0n) is 11.3. The topological polar surface area (TPSA) is 42.2 Å². The van der Waals surface area contributed by atoms with Crippen molar-refractivity contribution in [2.45, 2.75) is 39.4 Å². The summed E-state index contributed by atoms with van der Waals surface area (Å²) in [5, 5.41) is 0. The van der Waals surface area contributed by atoms with Crippen LogP contribution >= 0.6 is 0 Å². The molecule has 6 heteroatoms. The van der Waals surface area contributed by atoms with Crippen molar-refractivity contribution in [2.24, 2.45) is 5.73 Å². The molecule has 0 unspecified atom stereocenters. The molecule has 19 heavy (non-hydrogen) atoms. The van der Waals surface area contributed by atoms with E-state index in [-0.39, 0.29) is 6.54 Å². The standard InChI is InChI=1S/C13H20F3N3/c1-3-5-8-19(4-2)12-10(9-17)6-7-11(18-12)13(14,15)16/h6-7H,3-5,8-9,17H2,1-2H3. The molecule has 1 heterocycles. The second-order valence-electron chi connectivity index (χ2n) is 4.31. The number of hydrogen-bond donors (Lipinski definition) is 1. The van der Waals surface area contributed by atoms with Crippen LogP contribution in [0, 0.1) is 0 Å². The van der Waals surface area contributed by atoms with E-state index in [0.717, 1.165) is 18.9 Å². The molecule has 0 amide bonds. The fourth-order valence-corrected chi connectivity index (χ4v) is 1.83. The van der Waals surface area contributed by atoms with Crippen molar-refractivity contribution in [3.05, 3.63) is 23.4 Å². The number of nitrogens with zero attached hydrogens (tertiary/aromatic N) is 2. The Labute approximate surface area is 111 Å². The van der Waals surface area contributed by atoms with Gasteiger partial charge in [-0.1, -0.05) is 19.4 Å². The van der Waals surface area contributed by atoms with Gasteiger partial charge >= 0.3 is 6.18 Å². The molecule has 0 atom stereocenters. The minimum Gasteiger partial charge on any atom is -0.357 e. The molecule has 0 spiro atoms. The molecule has 3 nitrogen and oxygen atoms in total. The van der Waals surface area contributed by atoms with E-state index in [1.165, 1.54) is 6.07 Å². The predicted octanol–water partition coefficient (Wildman–Crippen LogP) is 3.19. The molecule has 2 N–H and O–H groups in total. The van der Waals surface area contributed by atoms with Gasteiger partial charge in [0.05, 0.1) is 0 Å². The van der Waals surface area contributed by atoms with Crippen LogP contribution in [0.2, 0.25) is 0 Å². The molecule has 0 fully saturated rings. The van der Waals surface area contributed by atoms with Gasteiger partial charge in [-0.25, -0.2) is 4.98 Å². The zero-order chi connectivity index (χ0) is 14.5. The molecule has 1 rings (SSSR count). The van der Waals surface area contributed by atoms with Gasteiger partial charge in [-0.2, -0.15) is 13.2 Å². The van der Waals surface area contributed by atoms with E-state index in [1.54, 1.807) is 0 Å². The highest BCUT2D eigenvalue weighted by molar-refractivity contribution is 5.48. The fraction of sp³-hybridized carbons (Fsp3) is 0.615. The summed E-state index contributed by atoms with van der Waals surface area (Å²) in [5.41, 5.74) is 5.36. The lowest BCUT2D eigenvalue weighted by Gasteiger charge is -2.25. The van der Waals surface area contributed by atoms with Crippen molar-refractivity contribution in [3.8, 4) is 0 Å². The quantitative estimate of drug-likeness (QED) is 0.867. The minimum atomic E-state index is -4.42. The third-order valence-electron chi connectivity index (χ3n) is 2.93. The van der Waals surface area contributed by atoms with Gasteiger partial charge in [0.2, 0.25) is 0 Å². The lowest BCUT2D eigenvalue weighted by molar-refractivity contribution is -0.141. The summed E-state index contributed by atoms with van der Waals surface area (Å²) in [6.07, 6.45) is -2.53. The van der Waals surface area contributed by atoms with E-state index >= 15 is 0 Å². The Morgan fingerprint density at radius 1 is 1.26 bits per heavy atom. The number of hydrogen-bond acceptors (Lipinski definition) is 3. The number of anilines is 1. The second kappa shape index (κ2) is 6.75. The number of nitrogens with two attached hydrogens (primary N) is 1. The van der Waals surface area contributed by atoms with Crippen LogP contribution in [0.4, 0.5) is 19.0 Å². The van der Waals surface area contributed by atoms with Crippen LogP contribution in [0.5, 0.6) is 0 Å². The van der Waals surface area contributed by atoms with Gasteiger partial charge < -0.3 is 10.6 Å². The smallest absolute Gasteiger partial charge is 0.357 e. The van der Waals surface area contributed by atoms with Crippen LogP contribution in [0.15, 0.2) is 12.1 Å². The molecule has 0 saturated carbocycles. The molecule has 0 saturated heterocycles. The van der Waals surface area contributed by atoms with Crippen LogP contribution in [-0.4, -0.2) is 18.1 Å². The highest BCUT2D eigenvalue weighted by atomic mass is 19.4. The second-order valence-corrected chi connectivity index (χ2v) is 4.31. The number of pyridine rings is 1. The van der Waals surface area contributed by atoms with Crippen molar-refractivity contribution >= 4 is 5.82 Å². The van der Waals surface area contributed by atoms with Gasteiger partial charge in [0.25, 0.3) is 0 Å². The number of aromatic nitrogens is 1. The number of rotatable bonds is 6. The Balaban J connectivity index is 3.13. The normalized spacial score (nSPS) is 11.7. The summed E-state index contributed by atoms with van der Waals surface area (Å²) in [5.74, 6) is 0.355. The lowest BCUT2D eigenvalue weighted by Crippen LogP contribution is -2.27. The molecule has 0 aliphatic heterocycles. The van der Waals surface area contributed by atoms with Crippen molar-refractivity contribution in [3.63, 3.8) is 0 Å². The van der Waals surface area contributed by atoms with Gasteiger partial charge in [-0.05, 0) is 19.4 Å². The third kappa shape index (κ3) is 4.09. The first-order valence-electron chi connectivity index (χ1n) is 6.46. The molecule has 108 valence electrons. The largest absolute Gasteiger partial charge is 0.433 e. The molecule has 0 aromatic carbocycles. The monoisotopic (exact) mass is 275 g/mol. The summed E-state index contributed by atoms with van der Waals surface area (Å²) in [4.78, 5) is 5.61. The van der Waals surface area contributed by atoms with E-state index < -0.39 is 11.9 Å². The zero-order valence-corrected chi connectivity index (χ0v) is 11.3. The summed E-state index contributed by atoms with van der Waals surface area (Å²) in [6, 6.07) is 2.40. The van der Waals surface area contributed by atoms with Crippen molar-refractivity contribution in [2.75, 3.05) is 18.0 Å². The Morgan fingerprint density at radius 2 is 1.95 bits per heavy atom. The first kappa shape index (κ1) is 15.8. The fourth-order valence-electron chi connectivity index (χ4n) is 1.83. The first-order chi connectivity index (χ1) is 8.93. The summed E-state index contributed by atoms with van der Waals surface area (Å²) in [7, 11) is 0. The Bertz CT molecular complexity index is 405.